The van der Waals surface area contributed by atoms with E-state index in [1.165, 1.54) is 0 Å². The smallest absolute Gasteiger partial charge is 0.326 e. The van der Waals surface area contributed by atoms with Crippen LogP contribution in [0.3, 0.4) is 0 Å². The third kappa shape index (κ3) is 6.28. The Labute approximate surface area is 92.7 Å². The van der Waals surface area contributed by atoms with Crippen LogP contribution >= 0.6 is 0 Å². The Morgan fingerprint density at radius 2 is 1.73 bits per heavy atom. The molecular weight excluding hydrogens is 190 g/mol. The number of rotatable bonds is 3. The molecule has 0 fully saturated rings. The molecule has 0 aromatic rings. The Morgan fingerprint density at radius 1 is 1.27 bits per heavy atom. The Morgan fingerprint density at radius 3 is 2.07 bits per heavy atom. The SMILES string of the molecule is CC(C)=CCC(C)(N)C(=O)OC(C)(C)C. The van der Waals surface area contributed by atoms with Gasteiger partial charge in [0.1, 0.15) is 11.1 Å². The van der Waals surface area contributed by atoms with Crippen LogP contribution in [0.2, 0.25) is 0 Å². The lowest BCUT2D eigenvalue weighted by Gasteiger charge is -2.27. The molecule has 2 N–H and O–H groups in total. The first-order chi connectivity index (χ1) is 6.54. The van der Waals surface area contributed by atoms with Crippen LogP contribution < -0.4 is 5.73 Å². The standard InChI is InChI=1S/C12H23NO2/c1-9(2)7-8-12(6,13)10(14)15-11(3,4)5/h7H,8,13H2,1-6H3. The molecule has 0 radical (unpaired) electrons. The second-order valence-electron chi connectivity index (χ2n) is 5.40. The molecule has 0 amide bonds. The van der Waals surface area contributed by atoms with Crippen molar-refractivity contribution in [3.8, 4) is 0 Å². The normalized spacial score (nSPS) is 15.4. The van der Waals surface area contributed by atoms with E-state index in [2.05, 4.69) is 0 Å². The Hall–Kier alpha value is -0.830. The summed E-state index contributed by atoms with van der Waals surface area (Å²) < 4.78 is 5.24. The first-order valence-electron chi connectivity index (χ1n) is 5.20. The van der Waals surface area contributed by atoms with E-state index >= 15 is 0 Å². The van der Waals surface area contributed by atoms with Gasteiger partial charge in [-0.1, -0.05) is 11.6 Å². The van der Waals surface area contributed by atoms with Crippen molar-refractivity contribution in [3.63, 3.8) is 0 Å². The van der Waals surface area contributed by atoms with Gasteiger partial charge in [0, 0.05) is 0 Å². The monoisotopic (exact) mass is 213 g/mol. The molecule has 0 heterocycles. The molecule has 0 aliphatic carbocycles. The molecule has 0 aromatic carbocycles. The average molecular weight is 213 g/mol. The summed E-state index contributed by atoms with van der Waals surface area (Å²) in [5.74, 6) is -0.354. The van der Waals surface area contributed by atoms with Crippen molar-refractivity contribution in [2.75, 3.05) is 0 Å². The minimum Gasteiger partial charge on any atom is -0.459 e. The van der Waals surface area contributed by atoms with Crippen molar-refractivity contribution in [1.82, 2.24) is 0 Å². The van der Waals surface area contributed by atoms with Crippen LogP contribution in [0.25, 0.3) is 0 Å². The van der Waals surface area contributed by atoms with Gasteiger partial charge in [0.05, 0.1) is 0 Å². The second kappa shape index (κ2) is 4.79. The number of carbonyl (C=O) groups is 1. The topological polar surface area (TPSA) is 52.3 Å². The highest BCUT2D eigenvalue weighted by molar-refractivity contribution is 5.80. The summed E-state index contributed by atoms with van der Waals surface area (Å²) in [6.45, 7) is 11.2. The van der Waals surface area contributed by atoms with Crippen molar-refractivity contribution in [1.29, 1.82) is 0 Å². The second-order valence-corrected chi connectivity index (χ2v) is 5.40. The van der Waals surface area contributed by atoms with Crippen LogP contribution in [0.4, 0.5) is 0 Å². The van der Waals surface area contributed by atoms with E-state index in [-0.39, 0.29) is 5.97 Å². The summed E-state index contributed by atoms with van der Waals surface area (Å²) in [5.41, 5.74) is 5.62. The Bertz CT molecular complexity index is 255. The highest BCUT2D eigenvalue weighted by Crippen LogP contribution is 2.16. The van der Waals surface area contributed by atoms with Crippen LogP contribution in [0, 0.1) is 0 Å². The highest BCUT2D eigenvalue weighted by atomic mass is 16.6. The predicted molar refractivity (Wildman–Crippen MR) is 62.5 cm³/mol. The Kier molecular flexibility index (Phi) is 4.53. The van der Waals surface area contributed by atoms with Crippen molar-refractivity contribution in [2.24, 2.45) is 5.73 Å². The Balaban J connectivity index is 4.46. The zero-order chi connectivity index (χ0) is 12.3. The van der Waals surface area contributed by atoms with E-state index in [0.717, 1.165) is 5.57 Å². The highest BCUT2D eigenvalue weighted by Gasteiger charge is 2.32. The van der Waals surface area contributed by atoms with Gasteiger partial charge < -0.3 is 10.5 Å². The molecular formula is C12H23NO2. The minimum atomic E-state index is -0.940. The van der Waals surface area contributed by atoms with E-state index in [9.17, 15) is 4.79 Å². The van der Waals surface area contributed by atoms with Crippen LogP contribution in [0.15, 0.2) is 11.6 Å². The fraction of sp³-hybridized carbons (Fsp3) is 0.750. The lowest BCUT2D eigenvalue weighted by molar-refractivity contribution is -0.160. The maximum absolute atomic E-state index is 11.7. The molecule has 0 aromatic heterocycles. The molecule has 0 saturated carbocycles. The zero-order valence-corrected chi connectivity index (χ0v) is 10.7. The average Bonchev–Trinajstić information content (AvgIpc) is 1.97. The summed E-state index contributed by atoms with van der Waals surface area (Å²) in [4.78, 5) is 11.7. The fourth-order valence-corrected chi connectivity index (χ4v) is 0.894. The van der Waals surface area contributed by atoms with Gasteiger partial charge in [-0.3, -0.25) is 4.79 Å². The number of hydrogen-bond acceptors (Lipinski definition) is 3. The maximum Gasteiger partial charge on any atom is 0.326 e. The van der Waals surface area contributed by atoms with E-state index < -0.39 is 11.1 Å². The van der Waals surface area contributed by atoms with E-state index in [1.807, 2.05) is 40.7 Å². The number of nitrogens with two attached hydrogens (primary N) is 1. The molecule has 0 saturated heterocycles. The van der Waals surface area contributed by atoms with Crippen LogP contribution in [0.5, 0.6) is 0 Å². The molecule has 15 heavy (non-hydrogen) atoms. The van der Waals surface area contributed by atoms with Crippen molar-refractivity contribution in [3.05, 3.63) is 11.6 Å². The van der Waals surface area contributed by atoms with Crippen LogP contribution in [0.1, 0.15) is 48.0 Å². The molecule has 88 valence electrons. The first kappa shape index (κ1) is 14.2. The third-order valence-electron chi connectivity index (χ3n) is 1.80. The van der Waals surface area contributed by atoms with Gasteiger partial charge in [-0.25, -0.2) is 0 Å². The van der Waals surface area contributed by atoms with E-state index in [4.69, 9.17) is 10.5 Å². The summed E-state index contributed by atoms with van der Waals surface area (Å²) in [6.07, 6.45) is 2.45. The summed E-state index contributed by atoms with van der Waals surface area (Å²) in [6, 6.07) is 0. The lowest BCUT2D eigenvalue weighted by atomic mass is 9.98. The van der Waals surface area contributed by atoms with Crippen LogP contribution in [-0.2, 0) is 9.53 Å². The summed E-state index contributed by atoms with van der Waals surface area (Å²) in [7, 11) is 0. The molecule has 0 bridgehead atoms. The van der Waals surface area contributed by atoms with Gasteiger partial charge in [-0.05, 0) is 48.0 Å². The number of allylic oxidation sites excluding steroid dienone is 1. The molecule has 3 heteroatoms. The van der Waals surface area contributed by atoms with Crippen molar-refractivity contribution >= 4 is 5.97 Å². The molecule has 1 atom stereocenters. The molecule has 0 rings (SSSR count). The van der Waals surface area contributed by atoms with Gasteiger partial charge >= 0.3 is 5.97 Å². The molecule has 3 nitrogen and oxygen atoms in total. The number of hydrogen-bond donors (Lipinski definition) is 1. The largest absolute Gasteiger partial charge is 0.459 e. The van der Waals surface area contributed by atoms with Gasteiger partial charge in [-0.2, -0.15) is 0 Å². The van der Waals surface area contributed by atoms with Crippen molar-refractivity contribution in [2.45, 2.75) is 59.1 Å². The zero-order valence-electron chi connectivity index (χ0n) is 10.7. The number of ether oxygens (including phenoxy) is 1. The minimum absolute atomic E-state index is 0.354. The van der Waals surface area contributed by atoms with Gasteiger partial charge in [0.25, 0.3) is 0 Å². The molecule has 0 spiro atoms. The van der Waals surface area contributed by atoms with Gasteiger partial charge in [-0.15, -0.1) is 0 Å². The van der Waals surface area contributed by atoms with Gasteiger partial charge in [0.2, 0.25) is 0 Å². The van der Waals surface area contributed by atoms with Crippen LogP contribution in [-0.4, -0.2) is 17.1 Å². The van der Waals surface area contributed by atoms with Crippen molar-refractivity contribution < 1.29 is 9.53 Å². The fourth-order valence-electron chi connectivity index (χ4n) is 0.894. The summed E-state index contributed by atoms with van der Waals surface area (Å²) >= 11 is 0. The lowest BCUT2D eigenvalue weighted by Crippen LogP contribution is -2.48. The summed E-state index contributed by atoms with van der Waals surface area (Å²) in [5, 5.41) is 0. The van der Waals surface area contributed by atoms with E-state index in [0.29, 0.717) is 6.42 Å². The molecule has 0 aliphatic rings. The molecule has 1 unspecified atom stereocenters. The van der Waals surface area contributed by atoms with Gasteiger partial charge in [0.15, 0.2) is 0 Å². The van der Waals surface area contributed by atoms with E-state index in [1.54, 1.807) is 6.92 Å². The number of carbonyl (C=O) groups excluding carboxylic acids is 1. The predicted octanol–water partition coefficient (Wildman–Crippen LogP) is 2.40. The number of esters is 1. The first-order valence-corrected chi connectivity index (χ1v) is 5.20. The maximum atomic E-state index is 11.7. The third-order valence-corrected chi connectivity index (χ3v) is 1.80. The molecule has 0 aliphatic heterocycles. The quantitative estimate of drug-likeness (QED) is 0.578.